The fourth-order valence-electron chi connectivity index (χ4n) is 2.30. The van der Waals surface area contributed by atoms with Crippen LogP contribution < -0.4 is 4.72 Å². The first-order valence-electron chi connectivity index (χ1n) is 6.88. The molecule has 2 rings (SSSR count). The third kappa shape index (κ3) is 3.80. The zero-order chi connectivity index (χ0) is 14.6. The molecule has 0 radical (unpaired) electrons. The number of hydrogen-bond donors (Lipinski definition) is 1. The van der Waals surface area contributed by atoms with Crippen LogP contribution in [-0.2, 0) is 10.2 Å². The quantitative estimate of drug-likeness (QED) is 0.868. The minimum absolute atomic E-state index is 0.0826. The van der Waals surface area contributed by atoms with E-state index in [1.807, 2.05) is 0 Å². The van der Waals surface area contributed by atoms with Crippen molar-refractivity contribution < 1.29 is 13.2 Å². The summed E-state index contributed by atoms with van der Waals surface area (Å²) in [7, 11) is -3.53. The molecule has 20 heavy (non-hydrogen) atoms. The van der Waals surface area contributed by atoms with Crippen LogP contribution in [0.2, 0.25) is 0 Å². The minimum atomic E-state index is -3.53. The van der Waals surface area contributed by atoms with Gasteiger partial charge in [-0.25, -0.2) is 0 Å². The van der Waals surface area contributed by atoms with Gasteiger partial charge in [-0.1, -0.05) is 25.0 Å². The van der Waals surface area contributed by atoms with Crippen molar-refractivity contribution in [1.82, 2.24) is 4.31 Å². The Hall–Kier alpha value is -1.40. The molecule has 0 amide bonds. The van der Waals surface area contributed by atoms with Crippen molar-refractivity contribution in [2.45, 2.75) is 32.6 Å². The molecule has 1 aliphatic rings. The van der Waals surface area contributed by atoms with Gasteiger partial charge in [0.05, 0.1) is 5.69 Å². The molecule has 0 unspecified atom stereocenters. The van der Waals surface area contributed by atoms with E-state index in [0.717, 1.165) is 25.7 Å². The standard InChI is InChI=1S/C14H20N2O3S/c1-12(17)13-7-6-8-14(11-13)15-20(18,19)16-9-4-2-3-5-10-16/h6-8,11,15H,2-5,9-10H2,1H3. The summed E-state index contributed by atoms with van der Waals surface area (Å²) in [5, 5.41) is 0. The Bertz CT molecular complexity index is 576. The third-order valence-corrected chi connectivity index (χ3v) is 4.96. The number of hydrogen-bond acceptors (Lipinski definition) is 3. The highest BCUT2D eigenvalue weighted by Crippen LogP contribution is 2.17. The second kappa shape index (κ2) is 6.37. The summed E-state index contributed by atoms with van der Waals surface area (Å²) in [5.41, 5.74) is 0.933. The van der Waals surface area contributed by atoms with Crippen LogP contribution in [0.1, 0.15) is 43.0 Å². The molecule has 1 fully saturated rings. The van der Waals surface area contributed by atoms with E-state index in [0.29, 0.717) is 24.3 Å². The number of carbonyl (C=O) groups excluding carboxylic acids is 1. The van der Waals surface area contributed by atoms with Gasteiger partial charge in [-0.05, 0) is 31.9 Å². The molecular formula is C14H20N2O3S. The molecule has 0 saturated carbocycles. The Morgan fingerprint density at radius 1 is 1.15 bits per heavy atom. The normalized spacial score (nSPS) is 17.4. The van der Waals surface area contributed by atoms with E-state index in [2.05, 4.69) is 4.72 Å². The van der Waals surface area contributed by atoms with Gasteiger partial charge in [-0.2, -0.15) is 12.7 Å². The number of Topliss-reactive ketones (excluding diaryl/α,β-unsaturated/α-hetero) is 1. The fraction of sp³-hybridized carbons (Fsp3) is 0.500. The van der Waals surface area contributed by atoms with Crippen LogP contribution in [0.5, 0.6) is 0 Å². The summed E-state index contributed by atoms with van der Waals surface area (Å²) in [4.78, 5) is 11.3. The summed E-state index contributed by atoms with van der Waals surface area (Å²) in [6.45, 7) is 2.58. The molecule has 1 aromatic carbocycles. The van der Waals surface area contributed by atoms with Crippen LogP contribution in [0, 0.1) is 0 Å². The maximum atomic E-state index is 12.3. The molecule has 1 aromatic rings. The van der Waals surface area contributed by atoms with Gasteiger partial charge in [0.25, 0.3) is 0 Å². The predicted octanol–water partition coefficient (Wildman–Crippen LogP) is 2.42. The van der Waals surface area contributed by atoms with Crippen molar-refractivity contribution in [2.75, 3.05) is 17.8 Å². The monoisotopic (exact) mass is 296 g/mol. The lowest BCUT2D eigenvalue weighted by molar-refractivity contribution is 0.101. The number of nitrogens with zero attached hydrogens (tertiary/aromatic N) is 1. The summed E-state index contributed by atoms with van der Waals surface area (Å²) in [6.07, 6.45) is 3.94. The number of nitrogens with one attached hydrogen (secondary N) is 1. The van der Waals surface area contributed by atoms with E-state index in [4.69, 9.17) is 0 Å². The Balaban J connectivity index is 2.14. The molecule has 0 aliphatic carbocycles. The highest BCUT2D eigenvalue weighted by atomic mass is 32.2. The van der Waals surface area contributed by atoms with E-state index >= 15 is 0 Å². The Morgan fingerprint density at radius 3 is 2.40 bits per heavy atom. The topological polar surface area (TPSA) is 66.5 Å². The molecule has 6 heteroatoms. The third-order valence-electron chi connectivity index (χ3n) is 3.42. The van der Waals surface area contributed by atoms with E-state index in [9.17, 15) is 13.2 Å². The predicted molar refractivity (Wildman–Crippen MR) is 79.0 cm³/mol. The van der Waals surface area contributed by atoms with E-state index in [1.165, 1.54) is 11.2 Å². The van der Waals surface area contributed by atoms with Crippen molar-refractivity contribution in [1.29, 1.82) is 0 Å². The number of carbonyl (C=O) groups is 1. The number of benzene rings is 1. The van der Waals surface area contributed by atoms with Crippen molar-refractivity contribution in [3.05, 3.63) is 29.8 Å². The lowest BCUT2D eigenvalue weighted by Gasteiger charge is -2.20. The van der Waals surface area contributed by atoms with Crippen LogP contribution in [0.3, 0.4) is 0 Å². The van der Waals surface area contributed by atoms with Gasteiger partial charge in [0.1, 0.15) is 0 Å². The van der Waals surface area contributed by atoms with Gasteiger partial charge >= 0.3 is 10.2 Å². The van der Waals surface area contributed by atoms with Gasteiger partial charge in [0, 0.05) is 18.7 Å². The fourth-order valence-corrected chi connectivity index (χ4v) is 3.59. The Morgan fingerprint density at radius 2 is 1.80 bits per heavy atom. The van der Waals surface area contributed by atoms with Crippen molar-refractivity contribution in [2.24, 2.45) is 0 Å². The van der Waals surface area contributed by atoms with Crippen molar-refractivity contribution >= 4 is 21.7 Å². The van der Waals surface area contributed by atoms with E-state index in [-0.39, 0.29) is 5.78 Å². The SMILES string of the molecule is CC(=O)c1cccc(NS(=O)(=O)N2CCCCCC2)c1. The first-order chi connectivity index (χ1) is 9.49. The highest BCUT2D eigenvalue weighted by Gasteiger charge is 2.22. The van der Waals surface area contributed by atoms with Gasteiger partial charge in [0.15, 0.2) is 5.78 Å². The molecule has 0 bridgehead atoms. The van der Waals surface area contributed by atoms with Gasteiger partial charge in [-0.15, -0.1) is 0 Å². The average molecular weight is 296 g/mol. The van der Waals surface area contributed by atoms with Gasteiger partial charge in [0.2, 0.25) is 0 Å². The number of rotatable bonds is 4. The van der Waals surface area contributed by atoms with Crippen LogP contribution >= 0.6 is 0 Å². The van der Waals surface area contributed by atoms with Crippen LogP contribution in [0.15, 0.2) is 24.3 Å². The zero-order valence-electron chi connectivity index (χ0n) is 11.6. The molecule has 5 nitrogen and oxygen atoms in total. The minimum Gasteiger partial charge on any atom is -0.295 e. The maximum Gasteiger partial charge on any atom is 0.301 e. The molecule has 0 aromatic heterocycles. The molecule has 1 heterocycles. The number of ketones is 1. The Labute approximate surface area is 120 Å². The van der Waals surface area contributed by atoms with Gasteiger partial charge in [-0.3, -0.25) is 9.52 Å². The van der Waals surface area contributed by atoms with Crippen molar-refractivity contribution in [3.8, 4) is 0 Å². The Kier molecular flexibility index (Phi) is 4.77. The van der Waals surface area contributed by atoms with Crippen LogP contribution in [0.4, 0.5) is 5.69 Å². The molecule has 0 atom stereocenters. The second-order valence-electron chi connectivity index (χ2n) is 5.06. The molecule has 1 saturated heterocycles. The smallest absolute Gasteiger partial charge is 0.295 e. The van der Waals surface area contributed by atoms with Crippen LogP contribution in [-0.4, -0.2) is 31.6 Å². The lowest BCUT2D eigenvalue weighted by atomic mass is 10.1. The first-order valence-corrected chi connectivity index (χ1v) is 8.32. The molecule has 110 valence electrons. The summed E-state index contributed by atoms with van der Waals surface area (Å²) in [6, 6.07) is 6.57. The van der Waals surface area contributed by atoms with Gasteiger partial charge < -0.3 is 0 Å². The molecule has 1 aliphatic heterocycles. The van der Waals surface area contributed by atoms with Crippen molar-refractivity contribution in [3.63, 3.8) is 0 Å². The van der Waals surface area contributed by atoms with Crippen LogP contribution in [0.25, 0.3) is 0 Å². The first kappa shape index (κ1) is 15.0. The second-order valence-corrected chi connectivity index (χ2v) is 6.73. The lowest BCUT2D eigenvalue weighted by Crippen LogP contribution is -2.36. The zero-order valence-corrected chi connectivity index (χ0v) is 12.4. The summed E-state index contributed by atoms with van der Waals surface area (Å²) in [5.74, 6) is -0.0826. The molecule has 0 spiro atoms. The highest BCUT2D eigenvalue weighted by molar-refractivity contribution is 7.90. The summed E-state index contributed by atoms with van der Waals surface area (Å²) >= 11 is 0. The maximum absolute atomic E-state index is 12.3. The molecular weight excluding hydrogens is 276 g/mol. The number of anilines is 1. The van der Waals surface area contributed by atoms with E-state index < -0.39 is 10.2 Å². The average Bonchev–Trinajstić information content (AvgIpc) is 2.67. The van der Waals surface area contributed by atoms with E-state index in [1.54, 1.807) is 24.3 Å². The summed E-state index contributed by atoms with van der Waals surface area (Å²) < 4.78 is 28.7. The largest absolute Gasteiger partial charge is 0.301 e. The molecule has 1 N–H and O–H groups in total.